The Morgan fingerprint density at radius 1 is 1.14 bits per heavy atom. The zero-order chi connectivity index (χ0) is 26.5. The number of likely N-dealkylation sites (tertiary alicyclic amines) is 1. The number of hydrogen-bond acceptors (Lipinski definition) is 5. The van der Waals surface area contributed by atoms with Crippen molar-refractivity contribution in [3.63, 3.8) is 0 Å². The van der Waals surface area contributed by atoms with E-state index in [1.165, 1.54) is 0 Å². The van der Waals surface area contributed by atoms with Crippen molar-refractivity contribution >= 4 is 22.8 Å². The minimum atomic E-state index is -0.556. The molecule has 2 amide bonds. The summed E-state index contributed by atoms with van der Waals surface area (Å²) in [4.78, 5) is 30.5. The summed E-state index contributed by atoms with van der Waals surface area (Å²) in [7, 11) is 1.67. The largest absolute Gasteiger partial charge is 0.493 e. The quantitative estimate of drug-likeness (QED) is 0.430. The maximum Gasteiger partial charge on any atom is 0.410 e. The maximum atomic E-state index is 14.1. The van der Waals surface area contributed by atoms with E-state index in [4.69, 9.17) is 14.2 Å². The van der Waals surface area contributed by atoms with E-state index in [2.05, 4.69) is 0 Å². The number of ether oxygens (including phenoxy) is 3. The van der Waals surface area contributed by atoms with Crippen LogP contribution in [0.3, 0.4) is 0 Å². The highest BCUT2D eigenvalue weighted by atomic mass is 16.6. The van der Waals surface area contributed by atoms with Gasteiger partial charge in [0.15, 0.2) is 0 Å². The van der Waals surface area contributed by atoms with Crippen LogP contribution < -0.4 is 4.74 Å². The lowest BCUT2D eigenvalue weighted by molar-refractivity contribution is 0.00750. The Kier molecular flexibility index (Phi) is 9.23. The minimum Gasteiger partial charge on any atom is -0.493 e. The molecule has 0 radical (unpaired) electrons. The Morgan fingerprint density at radius 3 is 2.47 bits per heavy atom. The van der Waals surface area contributed by atoms with Crippen LogP contribution in [0.5, 0.6) is 5.75 Å². The third-order valence-electron chi connectivity index (χ3n) is 6.49. The molecule has 2 aromatic carbocycles. The number of aryl methyl sites for hydroxylation is 1. The second-order valence-electron chi connectivity index (χ2n) is 10.8. The molecule has 7 heteroatoms. The predicted molar refractivity (Wildman–Crippen MR) is 143 cm³/mol. The normalized spacial score (nSPS) is 16.3. The minimum absolute atomic E-state index is 0.0296. The third kappa shape index (κ3) is 6.69. The van der Waals surface area contributed by atoms with Gasteiger partial charge in [0.2, 0.25) is 0 Å². The van der Waals surface area contributed by atoms with E-state index >= 15 is 0 Å². The Labute approximate surface area is 215 Å². The summed E-state index contributed by atoms with van der Waals surface area (Å²) >= 11 is 0. The second-order valence-corrected chi connectivity index (χ2v) is 10.8. The number of piperidine rings is 1. The van der Waals surface area contributed by atoms with Crippen molar-refractivity contribution in [1.82, 2.24) is 9.80 Å². The number of nitrogens with zero attached hydrogens (tertiary/aromatic N) is 2. The molecule has 2 aromatic rings. The zero-order valence-electron chi connectivity index (χ0n) is 22.9. The number of rotatable bonds is 8. The number of fused-ring (bicyclic) bond motifs is 1. The summed E-state index contributed by atoms with van der Waals surface area (Å²) in [6.07, 6.45) is 2.11. The number of carbonyl (C=O) groups excluding carboxylic acids is 2. The van der Waals surface area contributed by atoms with Gasteiger partial charge in [0.25, 0.3) is 5.91 Å². The molecule has 7 nitrogen and oxygen atoms in total. The van der Waals surface area contributed by atoms with E-state index < -0.39 is 5.60 Å². The number of carbonyl (C=O) groups is 2. The summed E-state index contributed by atoms with van der Waals surface area (Å²) in [5.41, 5.74) is 1.02. The second kappa shape index (κ2) is 12.0. The smallest absolute Gasteiger partial charge is 0.410 e. The van der Waals surface area contributed by atoms with E-state index in [0.29, 0.717) is 37.6 Å². The molecule has 0 N–H and O–H groups in total. The van der Waals surface area contributed by atoms with Crippen LogP contribution in [-0.4, -0.2) is 72.9 Å². The molecule has 1 aliphatic rings. The van der Waals surface area contributed by atoms with Crippen molar-refractivity contribution in [3.05, 3.63) is 41.5 Å². The fourth-order valence-electron chi connectivity index (χ4n) is 4.85. The van der Waals surface area contributed by atoms with Crippen LogP contribution in [0.15, 0.2) is 30.3 Å². The molecule has 0 saturated carbocycles. The number of methoxy groups -OCH3 is 1. The van der Waals surface area contributed by atoms with E-state index in [0.717, 1.165) is 35.6 Å². The molecular formula is C29H42N2O5. The summed E-state index contributed by atoms with van der Waals surface area (Å²) in [6.45, 7) is 13.9. The van der Waals surface area contributed by atoms with Gasteiger partial charge in [0.1, 0.15) is 11.4 Å². The molecule has 1 atom stereocenters. The number of amides is 2. The SMILES string of the molecule is COCCCOc1cc(C(=O)N(C(C)C)[C@@H]2CCCN(C(=O)OC(C)(C)C)C2)c(C)c2ccccc12. The molecule has 0 bridgehead atoms. The van der Waals surface area contributed by atoms with E-state index in [9.17, 15) is 9.59 Å². The lowest BCUT2D eigenvalue weighted by Crippen LogP contribution is -2.54. The van der Waals surface area contributed by atoms with Gasteiger partial charge >= 0.3 is 6.09 Å². The lowest BCUT2D eigenvalue weighted by atomic mass is 9.96. The van der Waals surface area contributed by atoms with Gasteiger partial charge in [-0.1, -0.05) is 24.3 Å². The lowest BCUT2D eigenvalue weighted by Gasteiger charge is -2.41. The molecule has 3 rings (SSSR count). The Morgan fingerprint density at radius 2 is 1.83 bits per heavy atom. The standard InChI is InChI=1S/C29H42N2O5/c1-20(2)31(22-12-10-15-30(19-22)28(33)36-29(4,5)6)27(32)25-18-26(35-17-11-16-34-7)24-14-9-8-13-23(24)21(25)3/h8-9,13-14,18,20,22H,10-12,15-17,19H2,1-7H3/t22-/m1/s1. The van der Waals surface area contributed by atoms with Crippen LogP contribution in [0, 0.1) is 6.92 Å². The molecule has 0 unspecified atom stereocenters. The Hall–Kier alpha value is -2.80. The van der Waals surface area contributed by atoms with Gasteiger partial charge < -0.3 is 24.0 Å². The van der Waals surface area contributed by atoms with Crippen molar-refractivity contribution in [2.75, 3.05) is 33.4 Å². The molecule has 198 valence electrons. The van der Waals surface area contributed by atoms with Crippen molar-refractivity contribution in [3.8, 4) is 5.75 Å². The van der Waals surface area contributed by atoms with Crippen LogP contribution in [0.1, 0.15) is 69.8 Å². The molecule has 36 heavy (non-hydrogen) atoms. The summed E-state index contributed by atoms with van der Waals surface area (Å²) in [5, 5.41) is 2.00. The molecule has 1 heterocycles. The van der Waals surface area contributed by atoms with Gasteiger partial charge in [-0.15, -0.1) is 0 Å². The first-order chi connectivity index (χ1) is 17.0. The molecule has 1 saturated heterocycles. The molecule has 1 fully saturated rings. The number of hydrogen-bond donors (Lipinski definition) is 0. The average Bonchev–Trinajstić information content (AvgIpc) is 2.82. The van der Waals surface area contributed by atoms with Gasteiger partial charge in [-0.25, -0.2) is 4.79 Å². The highest BCUT2D eigenvalue weighted by molar-refractivity contribution is 6.04. The van der Waals surface area contributed by atoms with Gasteiger partial charge in [0.05, 0.1) is 12.6 Å². The fraction of sp³-hybridized carbons (Fsp3) is 0.586. The summed E-state index contributed by atoms with van der Waals surface area (Å²) in [6, 6.07) is 9.80. The van der Waals surface area contributed by atoms with E-state index in [1.54, 1.807) is 12.0 Å². The van der Waals surface area contributed by atoms with Crippen LogP contribution in [-0.2, 0) is 9.47 Å². The van der Waals surface area contributed by atoms with Crippen LogP contribution >= 0.6 is 0 Å². The van der Waals surface area contributed by atoms with Gasteiger partial charge in [-0.05, 0) is 71.4 Å². The van der Waals surface area contributed by atoms with Gasteiger partial charge in [-0.3, -0.25) is 4.79 Å². The average molecular weight is 499 g/mol. The topological polar surface area (TPSA) is 68.3 Å². The van der Waals surface area contributed by atoms with E-state index in [-0.39, 0.29) is 24.1 Å². The molecule has 0 aliphatic carbocycles. The molecule has 0 spiro atoms. The summed E-state index contributed by atoms with van der Waals surface area (Å²) < 4.78 is 16.9. The summed E-state index contributed by atoms with van der Waals surface area (Å²) in [5.74, 6) is 0.671. The predicted octanol–water partition coefficient (Wildman–Crippen LogP) is 5.81. The monoisotopic (exact) mass is 498 g/mol. The van der Waals surface area contributed by atoms with Crippen molar-refractivity contribution in [1.29, 1.82) is 0 Å². The van der Waals surface area contributed by atoms with Gasteiger partial charge in [-0.2, -0.15) is 0 Å². The molecule has 0 aromatic heterocycles. The first kappa shape index (κ1) is 27.8. The van der Waals surface area contributed by atoms with Crippen LogP contribution in [0.25, 0.3) is 10.8 Å². The van der Waals surface area contributed by atoms with Crippen molar-refractivity contribution in [2.45, 2.75) is 78.5 Å². The highest BCUT2D eigenvalue weighted by Crippen LogP contribution is 2.33. The number of benzene rings is 2. The fourth-order valence-corrected chi connectivity index (χ4v) is 4.85. The van der Waals surface area contributed by atoms with Crippen LogP contribution in [0.4, 0.5) is 4.79 Å². The molecular weight excluding hydrogens is 456 g/mol. The Bertz CT molecular complexity index is 1060. The Balaban J connectivity index is 1.91. The van der Waals surface area contributed by atoms with E-state index in [1.807, 2.05) is 76.8 Å². The third-order valence-corrected chi connectivity index (χ3v) is 6.49. The highest BCUT2D eigenvalue weighted by Gasteiger charge is 2.35. The zero-order valence-corrected chi connectivity index (χ0v) is 22.9. The van der Waals surface area contributed by atoms with Crippen molar-refractivity contribution in [2.24, 2.45) is 0 Å². The first-order valence-electron chi connectivity index (χ1n) is 13.0. The van der Waals surface area contributed by atoms with Gasteiger partial charge in [0, 0.05) is 50.2 Å². The maximum absolute atomic E-state index is 14.1. The first-order valence-corrected chi connectivity index (χ1v) is 13.0. The van der Waals surface area contributed by atoms with Crippen LogP contribution in [0.2, 0.25) is 0 Å². The molecule has 1 aliphatic heterocycles. The van der Waals surface area contributed by atoms with Crippen molar-refractivity contribution < 1.29 is 23.8 Å².